The molecular formula is C20H23F3N2O4S2. The van der Waals surface area contributed by atoms with Gasteiger partial charge < -0.3 is 10.1 Å². The summed E-state index contributed by atoms with van der Waals surface area (Å²) >= 11 is 1.47. The highest BCUT2D eigenvalue weighted by Gasteiger charge is 2.31. The standard InChI is InChI=1S/C20H23F3N2O4S2/c1-14(15-8-10-16(11-9-15)29-20(21,22)23)24-19(26)18(12-13-30-2)25-31(27,28)17-6-4-3-5-7-17/h3-11,14,18,25H,12-13H2,1-2H3,(H,24,26). The number of carbonyl (C=O) groups excluding carboxylic acids is 1. The lowest BCUT2D eigenvalue weighted by atomic mass is 10.1. The van der Waals surface area contributed by atoms with Gasteiger partial charge in [0.15, 0.2) is 0 Å². The Morgan fingerprint density at radius 2 is 1.71 bits per heavy atom. The van der Waals surface area contributed by atoms with Crippen LogP contribution in [0.1, 0.15) is 24.9 Å². The minimum atomic E-state index is -4.79. The second-order valence-corrected chi connectivity index (χ2v) is 9.32. The first-order chi connectivity index (χ1) is 14.5. The third-order valence-corrected chi connectivity index (χ3v) is 6.38. The lowest BCUT2D eigenvalue weighted by Gasteiger charge is -2.21. The van der Waals surface area contributed by atoms with Crippen LogP contribution >= 0.6 is 11.8 Å². The number of alkyl halides is 3. The third-order valence-electron chi connectivity index (χ3n) is 4.25. The van der Waals surface area contributed by atoms with Gasteiger partial charge in [-0.3, -0.25) is 4.79 Å². The van der Waals surface area contributed by atoms with Crippen LogP contribution in [-0.4, -0.2) is 38.7 Å². The van der Waals surface area contributed by atoms with Crippen LogP contribution in [0, 0.1) is 0 Å². The van der Waals surface area contributed by atoms with Gasteiger partial charge in [0.2, 0.25) is 15.9 Å². The van der Waals surface area contributed by atoms with E-state index in [1.807, 2.05) is 6.26 Å². The first-order valence-electron chi connectivity index (χ1n) is 9.24. The van der Waals surface area contributed by atoms with Gasteiger partial charge in [0.25, 0.3) is 0 Å². The number of hydrogen-bond donors (Lipinski definition) is 2. The molecule has 0 fully saturated rings. The molecule has 6 nitrogen and oxygen atoms in total. The van der Waals surface area contributed by atoms with Crippen LogP contribution in [0.5, 0.6) is 5.75 Å². The molecule has 2 N–H and O–H groups in total. The van der Waals surface area contributed by atoms with Crippen molar-refractivity contribution in [3.8, 4) is 5.75 Å². The SMILES string of the molecule is CSCCC(NS(=O)(=O)c1ccccc1)C(=O)NC(C)c1ccc(OC(F)(F)F)cc1. The Morgan fingerprint density at radius 1 is 1.10 bits per heavy atom. The van der Waals surface area contributed by atoms with Crippen molar-refractivity contribution in [2.24, 2.45) is 0 Å². The summed E-state index contributed by atoms with van der Waals surface area (Å²) in [6.07, 6.45) is -2.68. The van der Waals surface area contributed by atoms with Crippen LogP contribution in [-0.2, 0) is 14.8 Å². The van der Waals surface area contributed by atoms with E-state index in [0.717, 1.165) is 12.1 Å². The average molecular weight is 477 g/mol. The Hall–Kier alpha value is -2.24. The maximum atomic E-state index is 12.8. The Morgan fingerprint density at radius 3 is 2.26 bits per heavy atom. The highest BCUT2D eigenvalue weighted by atomic mass is 32.2. The third kappa shape index (κ3) is 8.08. The molecule has 0 bridgehead atoms. The summed E-state index contributed by atoms with van der Waals surface area (Å²) in [5.74, 6) is -0.354. The predicted molar refractivity (Wildman–Crippen MR) is 113 cm³/mol. The van der Waals surface area contributed by atoms with Crippen molar-refractivity contribution in [3.63, 3.8) is 0 Å². The molecule has 0 saturated heterocycles. The number of benzene rings is 2. The number of rotatable bonds is 10. The zero-order valence-electron chi connectivity index (χ0n) is 16.8. The van der Waals surface area contributed by atoms with Crippen molar-refractivity contribution in [2.45, 2.75) is 36.7 Å². The quantitative estimate of drug-likeness (QED) is 0.544. The van der Waals surface area contributed by atoms with Gasteiger partial charge >= 0.3 is 6.36 Å². The van der Waals surface area contributed by atoms with Crippen LogP contribution in [0.3, 0.4) is 0 Å². The molecule has 1 amide bonds. The van der Waals surface area contributed by atoms with Crippen molar-refractivity contribution in [1.29, 1.82) is 0 Å². The van der Waals surface area contributed by atoms with Crippen LogP contribution < -0.4 is 14.8 Å². The second kappa shape index (κ2) is 10.9. The van der Waals surface area contributed by atoms with Gasteiger partial charge in [-0.2, -0.15) is 16.5 Å². The zero-order chi connectivity index (χ0) is 23.1. The molecule has 170 valence electrons. The van der Waals surface area contributed by atoms with E-state index < -0.39 is 34.4 Å². The normalized spacial score (nSPS) is 14.0. The molecule has 0 heterocycles. The Bertz CT molecular complexity index is 953. The van der Waals surface area contributed by atoms with E-state index >= 15 is 0 Å². The number of nitrogens with one attached hydrogen (secondary N) is 2. The molecule has 2 atom stereocenters. The van der Waals surface area contributed by atoms with Crippen LogP contribution in [0.15, 0.2) is 59.5 Å². The lowest BCUT2D eigenvalue weighted by molar-refractivity contribution is -0.274. The first kappa shape index (κ1) is 25.0. The van der Waals surface area contributed by atoms with Crippen molar-refractivity contribution in [2.75, 3.05) is 12.0 Å². The minimum absolute atomic E-state index is 0.0465. The number of carbonyl (C=O) groups is 1. The molecule has 0 radical (unpaired) electrons. The topological polar surface area (TPSA) is 84.5 Å². The van der Waals surface area contributed by atoms with Crippen molar-refractivity contribution >= 4 is 27.7 Å². The van der Waals surface area contributed by atoms with Crippen molar-refractivity contribution in [1.82, 2.24) is 10.0 Å². The molecule has 2 aromatic carbocycles. The Labute approximate surface area is 183 Å². The highest BCUT2D eigenvalue weighted by molar-refractivity contribution is 7.98. The van der Waals surface area contributed by atoms with E-state index in [4.69, 9.17) is 0 Å². The van der Waals surface area contributed by atoms with E-state index in [2.05, 4.69) is 14.8 Å². The largest absolute Gasteiger partial charge is 0.573 e. The number of hydrogen-bond acceptors (Lipinski definition) is 5. The van der Waals surface area contributed by atoms with Gasteiger partial charge in [-0.05, 0) is 55.2 Å². The molecule has 0 aliphatic carbocycles. The number of halogens is 3. The van der Waals surface area contributed by atoms with Crippen LogP contribution in [0.4, 0.5) is 13.2 Å². The monoisotopic (exact) mass is 476 g/mol. The highest BCUT2D eigenvalue weighted by Crippen LogP contribution is 2.24. The summed E-state index contributed by atoms with van der Waals surface area (Å²) in [7, 11) is -3.90. The predicted octanol–water partition coefficient (Wildman–Crippen LogP) is 3.86. The fraction of sp³-hybridized carbons (Fsp3) is 0.350. The molecular weight excluding hydrogens is 453 g/mol. The summed E-state index contributed by atoms with van der Waals surface area (Å²) in [5.41, 5.74) is 0.539. The smallest absolute Gasteiger partial charge is 0.406 e. The van der Waals surface area contributed by atoms with E-state index in [9.17, 15) is 26.4 Å². The van der Waals surface area contributed by atoms with Gasteiger partial charge in [-0.25, -0.2) is 8.42 Å². The maximum Gasteiger partial charge on any atom is 0.573 e. The molecule has 0 aromatic heterocycles. The van der Waals surface area contributed by atoms with Gasteiger partial charge in [-0.15, -0.1) is 13.2 Å². The summed E-state index contributed by atoms with van der Waals surface area (Å²) in [4.78, 5) is 12.8. The fourth-order valence-electron chi connectivity index (χ4n) is 2.69. The van der Waals surface area contributed by atoms with Crippen molar-refractivity contribution in [3.05, 3.63) is 60.2 Å². The molecule has 31 heavy (non-hydrogen) atoms. The Balaban J connectivity index is 2.09. The van der Waals surface area contributed by atoms with Gasteiger partial charge in [0.1, 0.15) is 11.8 Å². The molecule has 11 heteroatoms. The number of thioether (sulfide) groups is 1. The number of sulfonamides is 1. The van der Waals surface area contributed by atoms with E-state index in [1.165, 1.54) is 36.0 Å². The van der Waals surface area contributed by atoms with E-state index in [0.29, 0.717) is 11.3 Å². The fourth-order valence-corrected chi connectivity index (χ4v) is 4.41. The van der Waals surface area contributed by atoms with Crippen LogP contribution in [0.2, 0.25) is 0 Å². The Kier molecular flexibility index (Phi) is 8.78. The van der Waals surface area contributed by atoms with E-state index in [-0.39, 0.29) is 17.1 Å². The van der Waals surface area contributed by atoms with Gasteiger partial charge in [0.05, 0.1) is 10.9 Å². The summed E-state index contributed by atoms with van der Waals surface area (Å²) in [6, 6.07) is 11.2. The summed E-state index contributed by atoms with van der Waals surface area (Å²) in [5, 5.41) is 2.71. The summed E-state index contributed by atoms with van der Waals surface area (Å²) in [6.45, 7) is 1.65. The van der Waals surface area contributed by atoms with E-state index in [1.54, 1.807) is 25.1 Å². The maximum absolute atomic E-state index is 12.8. The zero-order valence-corrected chi connectivity index (χ0v) is 18.5. The minimum Gasteiger partial charge on any atom is -0.406 e. The average Bonchev–Trinajstić information content (AvgIpc) is 2.71. The summed E-state index contributed by atoms with van der Waals surface area (Å²) < 4.78 is 68.3. The van der Waals surface area contributed by atoms with Gasteiger partial charge in [0, 0.05) is 0 Å². The lowest BCUT2D eigenvalue weighted by Crippen LogP contribution is -2.47. The van der Waals surface area contributed by atoms with Crippen molar-refractivity contribution < 1.29 is 31.1 Å². The molecule has 2 aromatic rings. The molecule has 0 spiro atoms. The molecule has 0 saturated carbocycles. The molecule has 2 rings (SSSR count). The second-order valence-electron chi connectivity index (χ2n) is 6.62. The van der Waals surface area contributed by atoms with Gasteiger partial charge in [-0.1, -0.05) is 30.3 Å². The number of ether oxygens (including phenoxy) is 1. The first-order valence-corrected chi connectivity index (χ1v) is 12.1. The number of amides is 1. The van der Waals surface area contributed by atoms with Crippen LogP contribution in [0.25, 0.3) is 0 Å². The molecule has 2 unspecified atom stereocenters. The molecule has 0 aliphatic rings. The molecule has 0 aliphatic heterocycles.